The Balaban J connectivity index is 1.86. The average Bonchev–Trinajstić information content (AvgIpc) is 2.62. The lowest BCUT2D eigenvalue weighted by Gasteiger charge is -2.21. The molecule has 2 rings (SSSR count). The van der Waals surface area contributed by atoms with Gasteiger partial charge in [0.1, 0.15) is 5.82 Å². The molecule has 1 aromatic rings. The fourth-order valence-electron chi connectivity index (χ4n) is 2.90. The fourth-order valence-corrected chi connectivity index (χ4v) is 3.83. The molecule has 0 unspecified atom stereocenters. The molecule has 1 aromatic carbocycles. The van der Waals surface area contributed by atoms with Crippen LogP contribution in [0, 0.1) is 5.82 Å². The molecule has 0 saturated heterocycles. The zero-order valence-corrected chi connectivity index (χ0v) is 16.1. The van der Waals surface area contributed by atoms with E-state index in [-0.39, 0.29) is 10.5 Å². The van der Waals surface area contributed by atoms with Crippen LogP contribution in [0.1, 0.15) is 48.9 Å². The summed E-state index contributed by atoms with van der Waals surface area (Å²) < 4.78 is 45.0. The van der Waals surface area contributed by atoms with Crippen LogP contribution in [0.5, 0.6) is 0 Å². The highest BCUT2D eigenvalue weighted by Gasteiger charge is 2.21. The quantitative estimate of drug-likeness (QED) is 0.697. The molecular formula is C18H27FN2O4S. The van der Waals surface area contributed by atoms with Crippen LogP contribution in [0.15, 0.2) is 23.1 Å². The van der Waals surface area contributed by atoms with Crippen molar-refractivity contribution in [3.63, 3.8) is 0 Å². The maximum atomic E-state index is 13.9. The minimum atomic E-state index is -3.72. The van der Waals surface area contributed by atoms with Gasteiger partial charge < -0.3 is 10.1 Å². The summed E-state index contributed by atoms with van der Waals surface area (Å²) in [5.74, 6) is -1.38. The lowest BCUT2D eigenvalue weighted by atomic mass is 9.98. The molecule has 0 aromatic heterocycles. The van der Waals surface area contributed by atoms with Crippen LogP contribution >= 0.6 is 0 Å². The number of benzene rings is 1. The van der Waals surface area contributed by atoms with Crippen molar-refractivity contribution in [2.45, 2.75) is 49.5 Å². The smallest absolute Gasteiger partial charge is 0.254 e. The van der Waals surface area contributed by atoms with E-state index in [1.165, 1.54) is 33.4 Å². The Labute approximate surface area is 154 Å². The van der Waals surface area contributed by atoms with Crippen molar-refractivity contribution in [2.75, 3.05) is 27.2 Å². The third-order valence-corrected chi connectivity index (χ3v) is 6.28. The number of nitrogens with zero attached hydrogens (tertiary/aromatic N) is 1. The molecule has 0 radical (unpaired) electrons. The number of hydrogen-bond acceptors (Lipinski definition) is 4. The molecule has 6 nitrogen and oxygen atoms in total. The molecule has 0 aliphatic heterocycles. The number of halogens is 1. The molecule has 0 heterocycles. The Kier molecular flexibility index (Phi) is 7.55. The molecule has 0 bridgehead atoms. The van der Waals surface area contributed by atoms with Crippen LogP contribution < -0.4 is 5.32 Å². The second-order valence-electron chi connectivity index (χ2n) is 6.67. The van der Waals surface area contributed by atoms with E-state index in [0.717, 1.165) is 35.3 Å². The molecule has 0 atom stereocenters. The highest BCUT2D eigenvalue weighted by molar-refractivity contribution is 7.89. The number of nitrogens with one attached hydrogen (secondary N) is 1. The van der Waals surface area contributed by atoms with E-state index in [9.17, 15) is 17.6 Å². The second-order valence-corrected chi connectivity index (χ2v) is 8.82. The van der Waals surface area contributed by atoms with Crippen molar-refractivity contribution in [2.24, 2.45) is 0 Å². The topological polar surface area (TPSA) is 75.7 Å². The van der Waals surface area contributed by atoms with Crippen molar-refractivity contribution in [1.82, 2.24) is 9.62 Å². The molecule has 26 heavy (non-hydrogen) atoms. The lowest BCUT2D eigenvalue weighted by Crippen LogP contribution is -2.28. The zero-order chi connectivity index (χ0) is 19.2. The summed E-state index contributed by atoms with van der Waals surface area (Å²) in [5.41, 5.74) is -0.277. The average molecular weight is 386 g/mol. The Hall–Kier alpha value is -1.51. The minimum absolute atomic E-state index is 0.116. The second kappa shape index (κ2) is 9.43. The Morgan fingerprint density at radius 1 is 1.27 bits per heavy atom. The van der Waals surface area contributed by atoms with Gasteiger partial charge >= 0.3 is 0 Å². The molecular weight excluding hydrogens is 359 g/mol. The van der Waals surface area contributed by atoms with Gasteiger partial charge in [-0.15, -0.1) is 0 Å². The highest BCUT2D eigenvalue weighted by Crippen LogP contribution is 2.20. The molecule has 1 aliphatic rings. The van der Waals surface area contributed by atoms with E-state index in [4.69, 9.17) is 4.74 Å². The van der Waals surface area contributed by atoms with Gasteiger partial charge in [-0.05, 0) is 37.5 Å². The first-order valence-electron chi connectivity index (χ1n) is 8.94. The third-order valence-electron chi connectivity index (χ3n) is 4.47. The minimum Gasteiger partial charge on any atom is -0.378 e. The maximum Gasteiger partial charge on any atom is 0.254 e. The van der Waals surface area contributed by atoms with Crippen molar-refractivity contribution < 1.29 is 22.3 Å². The van der Waals surface area contributed by atoms with Crippen molar-refractivity contribution in [3.8, 4) is 0 Å². The molecule has 146 valence electrons. The number of hydrogen-bond donors (Lipinski definition) is 1. The number of ether oxygens (including phenoxy) is 1. The molecule has 1 aliphatic carbocycles. The normalized spacial score (nSPS) is 16.0. The summed E-state index contributed by atoms with van der Waals surface area (Å²) >= 11 is 0. The van der Waals surface area contributed by atoms with Gasteiger partial charge in [-0.2, -0.15) is 0 Å². The fraction of sp³-hybridized carbons (Fsp3) is 0.611. The van der Waals surface area contributed by atoms with Crippen LogP contribution in [0.2, 0.25) is 0 Å². The van der Waals surface area contributed by atoms with Gasteiger partial charge in [0.05, 0.1) is 16.6 Å². The Morgan fingerprint density at radius 2 is 1.96 bits per heavy atom. The van der Waals surface area contributed by atoms with E-state index in [2.05, 4.69) is 5.32 Å². The number of carbonyl (C=O) groups is 1. The predicted octanol–water partition coefficient (Wildman–Crippen LogP) is 2.55. The summed E-state index contributed by atoms with van der Waals surface area (Å²) in [4.78, 5) is 12.1. The van der Waals surface area contributed by atoms with E-state index in [1.807, 2.05) is 0 Å². The summed E-state index contributed by atoms with van der Waals surface area (Å²) in [6.45, 7) is 0.887. The standard InChI is InChI=1S/C18H27FN2O4S/c1-21(2)26(23,24)15-9-10-17(19)16(13-15)18(22)20-11-6-12-25-14-7-4-3-5-8-14/h9-10,13-14H,3-8,11-12H2,1-2H3,(H,20,22). The Morgan fingerprint density at radius 3 is 2.62 bits per heavy atom. The van der Waals surface area contributed by atoms with Gasteiger partial charge in [-0.25, -0.2) is 17.1 Å². The molecule has 8 heteroatoms. The number of sulfonamides is 1. The molecule has 1 N–H and O–H groups in total. The van der Waals surface area contributed by atoms with Gasteiger partial charge in [0, 0.05) is 27.2 Å². The number of amides is 1. The van der Waals surface area contributed by atoms with Crippen LogP contribution in [-0.4, -0.2) is 52.0 Å². The number of rotatable bonds is 8. The molecule has 1 fully saturated rings. The summed E-state index contributed by atoms with van der Waals surface area (Å²) in [5, 5.41) is 2.62. The monoisotopic (exact) mass is 386 g/mol. The summed E-state index contributed by atoms with van der Waals surface area (Å²) in [6.07, 6.45) is 6.78. The zero-order valence-electron chi connectivity index (χ0n) is 15.3. The highest BCUT2D eigenvalue weighted by atomic mass is 32.2. The van der Waals surface area contributed by atoms with E-state index >= 15 is 0 Å². The van der Waals surface area contributed by atoms with E-state index in [0.29, 0.717) is 25.7 Å². The van der Waals surface area contributed by atoms with Crippen molar-refractivity contribution in [1.29, 1.82) is 0 Å². The Bertz CT molecular complexity index is 716. The first kappa shape index (κ1) is 20.8. The van der Waals surface area contributed by atoms with E-state index in [1.54, 1.807) is 0 Å². The van der Waals surface area contributed by atoms with Gasteiger partial charge in [0.2, 0.25) is 10.0 Å². The largest absolute Gasteiger partial charge is 0.378 e. The first-order chi connectivity index (χ1) is 12.3. The van der Waals surface area contributed by atoms with Crippen LogP contribution in [-0.2, 0) is 14.8 Å². The SMILES string of the molecule is CN(C)S(=O)(=O)c1ccc(F)c(C(=O)NCCCOC2CCCCC2)c1. The van der Waals surface area contributed by atoms with Crippen molar-refractivity contribution in [3.05, 3.63) is 29.6 Å². The summed E-state index contributed by atoms with van der Waals surface area (Å²) in [6, 6.07) is 3.22. The van der Waals surface area contributed by atoms with Gasteiger partial charge in [0.25, 0.3) is 5.91 Å². The first-order valence-corrected chi connectivity index (χ1v) is 10.4. The van der Waals surface area contributed by atoms with Gasteiger partial charge in [0.15, 0.2) is 0 Å². The molecule has 1 amide bonds. The van der Waals surface area contributed by atoms with Crippen molar-refractivity contribution >= 4 is 15.9 Å². The lowest BCUT2D eigenvalue weighted by molar-refractivity contribution is 0.0273. The summed E-state index contributed by atoms with van der Waals surface area (Å²) in [7, 11) is -0.965. The van der Waals surface area contributed by atoms with Crippen LogP contribution in [0.3, 0.4) is 0 Å². The number of carbonyl (C=O) groups excluding carboxylic acids is 1. The van der Waals surface area contributed by atoms with Gasteiger partial charge in [-0.3, -0.25) is 4.79 Å². The van der Waals surface area contributed by atoms with E-state index < -0.39 is 21.7 Å². The third kappa shape index (κ3) is 5.49. The van der Waals surface area contributed by atoms with Crippen LogP contribution in [0.25, 0.3) is 0 Å². The van der Waals surface area contributed by atoms with Gasteiger partial charge in [-0.1, -0.05) is 19.3 Å². The molecule has 1 saturated carbocycles. The predicted molar refractivity (Wildman–Crippen MR) is 97.0 cm³/mol. The van der Waals surface area contributed by atoms with Crippen LogP contribution in [0.4, 0.5) is 4.39 Å². The maximum absolute atomic E-state index is 13.9. The molecule has 0 spiro atoms.